The third-order valence-corrected chi connectivity index (χ3v) is 3.72. The number of aliphatic carboxylic acids is 1. The molecular weight excluding hydrogens is 260 g/mol. The van der Waals surface area contributed by atoms with E-state index in [1.54, 1.807) is 24.0 Å². The normalized spacial score (nSPS) is 21.9. The van der Waals surface area contributed by atoms with Crippen LogP contribution in [0.15, 0.2) is 12.1 Å². The molecule has 1 saturated heterocycles. The summed E-state index contributed by atoms with van der Waals surface area (Å²) < 4.78 is 4.67. The summed E-state index contributed by atoms with van der Waals surface area (Å²) in [5, 5.41) is 9.32. The Morgan fingerprint density at radius 3 is 2.70 bits per heavy atom. The van der Waals surface area contributed by atoms with Gasteiger partial charge in [0.25, 0.3) is 0 Å². The number of hydrogen-bond acceptors (Lipinski definition) is 5. The molecule has 20 heavy (non-hydrogen) atoms. The van der Waals surface area contributed by atoms with Gasteiger partial charge in [-0.1, -0.05) is 6.92 Å². The first-order valence-corrected chi connectivity index (χ1v) is 6.51. The van der Waals surface area contributed by atoms with Crippen molar-refractivity contribution in [1.82, 2.24) is 4.98 Å². The number of aromatic nitrogens is 1. The number of carbonyl (C=O) groups is 2. The highest BCUT2D eigenvalue weighted by Crippen LogP contribution is 2.29. The van der Waals surface area contributed by atoms with Crippen molar-refractivity contribution in [1.29, 1.82) is 0 Å². The van der Waals surface area contributed by atoms with E-state index < -0.39 is 18.0 Å². The van der Waals surface area contributed by atoms with Crippen molar-refractivity contribution in [2.75, 3.05) is 18.6 Å². The smallest absolute Gasteiger partial charge is 0.339 e. The van der Waals surface area contributed by atoms with Crippen LogP contribution in [0.2, 0.25) is 0 Å². The predicted molar refractivity (Wildman–Crippen MR) is 72.9 cm³/mol. The highest BCUT2D eigenvalue weighted by Gasteiger charge is 2.37. The van der Waals surface area contributed by atoms with Crippen LogP contribution in [0.3, 0.4) is 0 Å². The maximum Gasteiger partial charge on any atom is 0.339 e. The van der Waals surface area contributed by atoms with Crippen molar-refractivity contribution in [2.24, 2.45) is 5.92 Å². The van der Waals surface area contributed by atoms with Crippen molar-refractivity contribution < 1.29 is 19.4 Å². The van der Waals surface area contributed by atoms with Gasteiger partial charge in [0, 0.05) is 6.54 Å². The largest absolute Gasteiger partial charge is 0.480 e. The molecule has 6 nitrogen and oxygen atoms in total. The Balaban J connectivity index is 2.32. The summed E-state index contributed by atoms with van der Waals surface area (Å²) in [6.07, 6.45) is 0.816. The van der Waals surface area contributed by atoms with Gasteiger partial charge in [-0.15, -0.1) is 0 Å². The van der Waals surface area contributed by atoms with Gasteiger partial charge in [-0.2, -0.15) is 0 Å². The number of methoxy groups -OCH3 is 1. The molecule has 0 saturated carbocycles. The van der Waals surface area contributed by atoms with E-state index in [1.165, 1.54) is 7.11 Å². The third-order valence-electron chi connectivity index (χ3n) is 3.72. The lowest BCUT2D eigenvalue weighted by Crippen LogP contribution is -2.39. The van der Waals surface area contributed by atoms with Crippen molar-refractivity contribution in [3.63, 3.8) is 0 Å². The van der Waals surface area contributed by atoms with Gasteiger partial charge in [-0.25, -0.2) is 14.6 Å². The zero-order valence-electron chi connectivity index (χ0n) is 11.8. The van der Waals surface area contributed by atoms with Gasteiger partial charge >= 0.3 is 11.9 Å². The van der Waals surface area contributed by atoms with Gasteiger partial charge in [0.05, 0.1) is 18.4 Å². The number of esters is 1. The predicted octanol–water partition coefficient (Wildman–Crippen LogP) is 1.48. The van der Waals surface area contributed by atoms with Gasteiger partial charge in [0.1, 0.15) is 11.9 Å². The zero-order valence-corrected chi connectivity index (χ0v) is 11.8. The Hall–Kier alpha value is -2.11. The van der Waals surface area contributed by atoms with Gasteiger partial charge < -0.3 is 14.7 Å². The van der Waals surface area contributed by atoms with Gasteiger partial charge in [-0.05, 0) is 31.4 Å². The number of carboxylic acid groups (broad SMARTS) is 1. The Bertz CT molecular complexity index is 544. The van der Waals surface area contributed by atoms with Crippen LogP contribution in [0.1, 0.15) is 29.4 Å². The van der Waals surface area contributed by atoms with Crippen molar-refractivity contribution in [3.8, 4) is 0 Å². The summed E-state index contributed by atoms with van der Waals surface area (Å²) >= 11 is 0. The Morgan fingerprint density at radius 2 is 2.15 bits per heavy atom. The average molecular weight is 278 g/mol. The molecule has 2 heterocycles. The lowest BCUT2D eigenvalue weighted by molar-refractivity contribution is -0.139. The van der Waals surface area contributed by atoms with Crippen LogP contribution in [0.25, 0.3) is 0 Å². The molecule has 0 radical (unpaired) electrons. The third kappa shape index (κ3) is 2.45. The number of ether oxygens (including phenoxy) is 1. The van der Waals surface area contributed by atoms with E-state index in [4.69, 9.17) is 0 Å². The maximum atomic E-state index is 11.5. The molecule has 2 unspecified atom stereocenters. The fraction of sp³-hybridized carbons (Fsp3) is 0.500. The number of anilines is 1. The lowest BCUT2D eigenvalue weighted by atomic mass is 10.0. The number of carboxylic acids is 1. The van der Waals surface area contributed by atoms with Crippen molar-refractivity contribution >= 4 is 17.8 Å². The van der Waals surface area contributed by atoms with E-state index >= 15 is 0 Å². The topological polar surface area (TPSA) is 79.7 Å². The second kappa shape index (κ2) is 5.48. The van der Waals surface area contributed by atoms with Crippen LogP contribution in [-0.4, -0.2) is 41.7 Å². The number of nitrogens with zero attached hydrogens (tertiary/aromatic N) is 2. The van der Waals surface area contributed by atoms with Crippen LogP contribution in [0.5, 0.6) is 0 Å². The Labute approximate surface area is 117 Å². The van der Waals surface area contributed by atoms with Gasteiger partial charge in [0.15, 0.2) is 0 Å². The summed E-state index contributed by atoms with van der Waals surface area (Å²) in [6.45, 7) is 4.29. The minimum Gasteiger partial charge on any atom is -0.480 e. The van der Waals surface area contributed by atoms with Crippen LogP contribution in [0.4, 0.5) is 5.82 Å². The van der Waals surface area contributed by atoms with Crippen LogP contribution in [-0.2, 0) is 9.53 Å². The second-order valence-electron chi connectivity index (χ2n) is 5.04. The standard InChI is InChI=1S/C14H18N2O4/c1-8-6-7-16(12(8)13(17)18)11-5-4-10(9(2)15-11)14(19)20-3/h4-5,8,12H,6-7H2,1-3H3,(H,17,18). The van der Waals surface area contributed by atoms with Crippen LogP contribution < -0.4 is 4.90 Å². The second-order valence-corrected chi connectivity index (χ2v) is 5.04. The number of pyridine rings is 1. The minimum absolute atomic E-state index is 0.0786. The Kier molecular flexibility index (Phi) is 3.92. The van der Waals surface area contributed by atoms with E-state index in [0.29, 0.717) is 23.6 Å². The molecule has 1 fully saturated rings. The zero-order chi connectivity index (χ0) is 14.9. The van der Waals surface area contributed by atoms with E-state index in [0.717, 1.165) is 6.42 Å². The summed E-state index contributed by atoms with van der Waals surface area (Å²) in [5.41, 5.74) is 0.938. The molecule has 108 valence electrons. The average Bonchev–Trinajstić information content (AvgIpc) is 2.79. The number of carbonyl (C=O) groups excluding carboxylic acids is 1. The van der Waals surface area contributed by atoms with E-state index in [2.05, 4.69) is 9.72 Å². The van der Waals surface area contributed by atoms with E-state index in [-0.39, 0.29) is 5.92 Å². The molecule has 2 rings (SSSR count). The highest BCUT2D eigenvalue weighted by molar-refractivity contribution is 5.90. The molecule has 1 aliphatic heterocycles. The number of hydrogen-bond donors (Lipinski definition) is 1. The molecule has 1 aliphatic rings. The molecule has 0 bridgehead atoms. The summed E-state index contributed by atoms with van der Waals surface area (Å²) in [6, 6.07) is 2.74. The van der Waals surface area contributed by atoms with Crippen LogP contribution in [0, 0.1) is 12.8 Å². The first-order chi connectivity index (χ1) is 9.45. The number of rotatable bonds is 3. The van der Waals surface area contributed by atoms with Gasteiger partial charge in [-0.3, -0.25) is 0 Å². The minimum atomic E-state index is -0.841. The lowest BCUT2D eigenvalue weighted by Gasteiger charge is -2.24. The molecule has 1 aromatic rings. The van der Waals surface area contributed by atoms with E-state index in [1.807, 2.05) is 6.92 Å². The molecule has 6 heteroatoms. The fourth-order valence-corrected chi connectivity index (χ4v) is 2.61. The fourth-order valence-electron chi connectivity index (χ4n) is 2.61. The molecular formula is C14H18N2O4. The van der Waals surface area contributed by atoms with Crippen LogP contribution >= 0.6 is 0 Å². The summed E-state index contributed by atoms with van der Waals surface area (Å²) in [4.78, 5) is 29.0. The summed E-state index contributed by atoms with van der Waals surface area (Å²) in [5.74, 6) is -0.612. The van der Waals surface area contributed by atoms with Crippen molar-refractivity contribution in [2.45, 2.75) is 26.3 Å². The molecule has 1 N–H and O–H groups in total. The van der Waals surface area contributed by atoms with Gasteiger partial charge in [0.2, 0.25) is 0 Å². The molecule has 0 spiro atoms. The first-order valence-electron chi connectivity index (χ1n) is 6.51. The SMILES string of the molecule is COC(=O)c1ccc(N2CCC(C)C2C(=O)O)nc1C. The van der Waals surface area contributed by atoms with Crippen molar-refractivity contribution in [3.05, 3.63) is 23.4 Å². The molecule has 0 aliphatic carbocycles. The molecule has 0 amide bonds. The number of aryl methyl sites for hydroxylation is 1. The quantitative estimate of drug-likeness (QED) is 0.843. The summed E-state index contributed by atoms with van der Waals surface area (Å²) in [7, 11) is 1.32. The molecule has 0 aromatic carbocycles. The Morgan fingerprint density at radius 1 is 1.45 bits per heavy atom. The molecule has 2 atom stereocenters. The molecule has 1 aromatic heterocycles. The van der Waals surface area contributed by atoms with E-state index in [9.17, 15) is 14.7 Å². The highest BCUT2D eigenvalue weighted by atomic mass is 16.5. The monoisotopic (exact) mass is 278 g/mol. The first kappa shape index (κ1) is 14.3. The maximum absolute atomic E-state index is 11.5.